The molecule has 1 saturated heterocycles. The maximum Gasteiger partial charge on any atom is 0.0589 e. The first-order valence-corrected chi connectivity index (χ1v) is 7.64. The van der Waals surface area contributed by atoms with E-state index in [2.05, 4.69) is 31.0 Å². The van der Waals surface area contributed by atoms with Crippen molar-refractivity contribution in [1.29, 1.82) is 0 Å². The normalized spacial score (nSPS) is 19.3. The zero-order valence-electron chi connectivity index (χ0n) is 13.2. The molecule has 0 bridgehead atoms. The molecule has 1 aliphatic rings. The molecule has 1 heterocycles. The quantitative estimate of drug-likeness (QED) is 0.693. The Morgan fingerprint density at radius 1 is 1.32 bits per heavy atom. The van der Waals surface area contributed by atoms with Gasteiger partial charge in [-0.15, -0.1) is 0 Å². The van der Waals surface area contributed by atoms with Gasteiger partial charge in [0.15, 0.2) is 0 Å². The largest absolute Gasteiger partial charge is 0.383 e. The molecule has 0 aromatic heterocycles. The van der Waals surface area contributed by atoms with Crippen LogP contribution in [-0.4, -0.2) is 64.1 Å². The molecule has 19 heavy (non-hydrogen) atoms. The molecule has 0 aliphatic carbocycles. The molecule has 1 aliphatic heterocycles. The molecule has 1 N–H and O–H groups in total. The summed E-state index contributed by atoms with van der Waals surface area (Å²) in [5, 5.41) is 3.63. The number of hydrogen-bond acceptors (Lipinski definition) is 4. The van der Waals surface area contributed by atoms with E-state index < -0.39 is 0 Å². The van der Waals surface area contributed by atoms with Crippen LogP contribution >= 0.6 is 0 Å². The smallest absolute Gasteiger partial charge is 0.0589 e. The van der Waals surface area contributed by atoms with Gasteiger partial charge in [-0.1, -0.05) is 20.8 Å². The second-order valence-electron chi connectivity index (χ2n) is 6.01. The zero-order valence-corrected chi connectivity index (χ0v) is 13.2. The Kier molecular flexibility index (Phi) is 7.91. The van der Waals surface area contributed by atoms with Crippen LogP contribution in [0.3, 0.4) is 0 Å². The first-order valence-electron chi connectivity index (χ1n) is 7.64. The molecule has 0 aromatic carbocycles. The van der Waals surface area contributed by atoms with Crippen molar-refractivity contribution < 1.29 is 9.47 Å². The number of nitrogens with zero attached hydrogens (tertiary/aromatic N) is 1. The fourth-order valence-electron chi connectivity index (χ4n) is 2.66. The first-order chi connectivity index (χ1) is 9.12. The van der Waals surface area contributed by atoms with Crippen LogP contribution in [0.2, 0.25) is 0 Å². The van der Waals surface area contributed by atoms with E-state index in [0.717, 1.165) is 58.8 Å². The Balaban J connectivity index is 2.55. The summed E-state index contributed by atoms with van der Waals surface area (Å²) in [4.78, 5) is 2.51. The van der Waals surface area contributed by atoms with Gasteiger partial charge in [-0.25, -0.2) is 0 Å². The van der Waals surface area contributed by atoms with E-state index in [-0.39, 0.29) is 0 Å². The molecule has 4 nitrogen and oxygen atoms in total. The van der Waals surface area contributed by atoms with Gasteiger partial charge in [0.25, 0.3) is 0 Å². The van der Waals surface area contributed by atoms with Crippen LogP contribution in [0.5, 0.6) is 0 Å². The third-order valence-electron chi connectivity index (χ3n) is 4.06. The van der Waals surface area contributed by atoms with Crippen LogP contribution in [0, 0.1) is 5.41 Å². The molecule has 4 heteroatoms. The van der Waals surface area contributed by atoms with Crippen molar-refractivity contribution in [3.63, 3.8) is 0 Å². The van der Waals surface area contributed by atoms with Crippen molar-refractivity contribution in [2.75, 3.05) is 53.1 Å². The Bertz CT molecular complexity index is 228. The molecule has 0 unspecified atom stereocenters. The van der Waals surface area contributed by atoms with Crippen LogP contribution < -0.4 is 5.32 Å². The van der Waals surface area contributed by atoms with Gasteiger partial charge in [0.2, 0.25) is 0 Å². The molecular formula is C15H32N2O2. The Morgan fingerprint density at radius 3 is 2.53 bits per heavy atom. The van der Waals surface area contributed by atoms with Crippen LogP contribution in [-0.2, 0) is 9.47 Å². The highest BCUT2D eigenvalue weighted by atomic mass is 16.5. The number of likely N-dealkylation sites (N-methyl/N-ethyl adjacent to an activating group) is 1. The van der Waals surface area contributed by atoms with Gasteiger partial charge < -0.3 is 19.7 Å². The fourth-order valence-corrected chi connectivity index (χ4v) is 2.66. The van der Waals surface area contributed by atoms with Crippen molar-refractivity contribution in [2.45, 2.75) is 39.7 Å². The van der Waals surface area contributed by atoms with Crippen molar-refractivity contribution in [1.82, 2.24) is 10.2 Å². The summed E-state index contributed by atoms with van der Waals surface area (Å²) < 4.78 is 10.8. The molecule has 0 radical (unpaired) electrons. The second kappa shape index (κ2) is 8.90. The van der Waals surface area contributed by atoms with Gasteiger partial charge in [0.1, 0.15) is 0 Å². The fraction of sp³-hybridized carbons (Fsp3) is 1.00. The third-order valence-corrected chi connectivity index (χ3v) is 4.06. The Morgan fingerprint density at radius 2 is 2.00 bits per heavy atom. The number of nitrogens with one attached hydrogen (secondary N) is 1. The second-order valence-corrected chi connectivity index (χ2v) is 6.01. The highest BCUT2D eigenvalue weighted by molar-refractivity contribution is 4.87. The molecule has 0 atom stereocenters. The molecule has 1 rings (SSSR count). The molecular weight excluding hydrogens is 240 g/mol. The van der Waals surface area contributed by atoms with Crippen LogP contribution in [0.4, 0.5) is 0 Å². The predicted molar refractivity (Wildman–Crippen MR) is 79.6 cm³/mol. The predicted octanol–water partition coefficient (Wildman–Crippen LogP) is 1.75. The number of ether oxygens (including phenoxy) is 2. The van der Waals surface area contributed by atoms with Crippen LogP contribution in [0.25, 0.3) is 0 Å². The number of hydrogen-bond donors (Lipinski definition) is 1. The van der Waals surface area contributed by atoms with Gasteiger partial charge in [-0.05, 0) is 24.8 Å². The lowest BCUT2D eigenvalue weighted by atomic mass is 9.79. The van der Waals surface area contributed by atoms with E-state index in [9.17, 15) is 0 Å². The van der Waals surface area contributed by atoms with Gasteiger partial charge in [0.05, 0.1) is 6.61 Å². The van der Waals surface area contributed by atoms with Crippen molar-refractivity contribution in [3.8, 4) is 0 Å². The monoisotopic (exact) mass is 272 g/mol. The maximum absolute atomic E-state index is 5.56. The van der Waals surface area contributed by atoms with E-state index >= 15 is 0 Å². The lowest BCUT2D eigenvalue weighted by Crippen LogP contribution is -2.49. The number of rotatable bonds is 9. The molecule has 114 valence electrons. The zero-order chi connectivity index (χ0) is 14.1. The summed E-state index contributed by atoms with van der Waals surface area (Å²) >= 11 is 0. The summed E-state index contributed by atoms with van der Waals surface area (Å²) in [6, 6.07) is 0.550. The highest BCUT2D eigenvalue weighted by Gasteiger charge is 2.34. The van der Waals surface area contributed by atoms with Crippen molar-refractivity contribution in [2.24, 2.45) is 5.41 Å². The summed E-state index contributed by atoms with van der Waals surface area (Å²) in [7, 11) is 1.78. The Hall–Kier alpha value is -0.160. The average Bonchev–Trinajstić information content (AvgIpc) is 2.42. The summed E-state index contributed by atoms with van der Waals surface area (Å²) in [5.41, 5.74) is 0.367. The summed E-state index contributed by atoms with van der Waals surface area (Å²) in [6.07, 6.45) is 2.33. The maximum atomic E-state index is 5.56. The SMILES string of the molecule is CCN(CCOC)CC1(CNC(C)C)CCOCC1. The standard InChI is InChI=1S/C15H32N2O2/c1-5-17(8-11-18-4)13-15(12-16-14(2)3)6-9-19-10-7-15/h14,16H,5-13H2,1-4H3. The highest BCUT2D eigenvalue weighted by Crippen LogP contribution is 2.31. The van der Waals surface area contributed by atoms with Crippen molar-refractivity contribution in [3.05, 3.63) is 0 Å². The van der Waals surface area contributed by atoms with E-state index in [1.807, 2.05) is 0 Å². The van der Waals surface area contributed by atoms with Gasteiger partial charge in [-0.3, -0.25) is 0 Å². The van der Waals surface area contributed by atoms with Crippen LogP contribution in [0.1, 0.15) is 33.6 Å². The van der Waals surface area contributed by atoms with Gasteiger partial charge in [0, 0.05) is 46.0 Å². The topological polar surface area (TPSA) is 33.7 Å². The lowest BCUT2D eigenvalue weighted by Gasteiger charge is -2.41. The summed E-state index contributed by atoms with van der Waals surface area (Å²) in [6.45, 7) is 13.7. The van der Waals surface area contributed by atoms with E-state index in [0.29, 0.717) is 11.5 Å². The minimum Gasteiger partial charge on any atom is -0.383 e. The average molecular weight is 272 g/mol. The molecule has 0 spiro atoms. The molecule has 1 fully saturated rings. The molecule has 0 aromatic rings. The Labute approximate surface area is 118 Å². The lowest BCUT2D eigenvalue weighted by molar-refractivity contribution is -0.00757. The van der Waals surface area contributed by atoms with Crippen LogP contribution in [0.15, 0.2) is 0 Å². The summed E-state index contributed by atoms with van der Waals surface area (Å²) in [5.74, 6) is 0. The van der Waals surface area contributed by atoms with Gasteiger partial charge >= 0.3 is 0 Å². The minimum absolute atomic E-state index is 0.367. The number of methoxy groups -OCH3 is 1. The first kappa shape index (κ1) is 16.9. The van der Waals surface area contributed by atoms with E-state index in [1.54, 1.807) is 7.11 Å². The molecule has 0 saturated carbocycles. The van der Waals surface area contributed by atoms with Crippen molar-refractivity contribution >= 4 is 0 Å². The molecule has 0 amide bonds. The van der Waals surface area contributed by atoms with Gasteiger partial charge in [-0.2, -0.15) is 0 Å². The minimum atomic E-state index is 0.367. The van der Waals surface area contributed by atoms with E-state index in [1.165, 1.54) is 0 Å². The van der Waals surface area contributed by atoms with E-state index in [4.69, 9.17) is 9.47 Å². The third kappa shape index (κ3) is 6.21.